The van der Waals surface area contributed by atoms with Gasteiger partial charge in [0, 0.05) is 24.9 Å². The molecular weight excluding hydrogens is 270 g/mol. The summed E-state index contributed by atoms with van der Waals surface area (Å²) in [5.74, 6) is -0.102. The molecule has 0 atom stereocenters. The minimum atomic E-state index is -0.403. The van der Waals surface area contributed by atoms with Crippen molar-refractivity contribution in [2.75, 3.05) is 6.54 Å². The summed E-state index contributed by atoms with van der Waals surface area (Å²) >= 11 is 0. The zero-order chi connectivity index (χ0) is 15.1. The van der Waals surface area contributed by atoms with Crippen LogP contribution in [-0.4, -0.2) is 22.4 Å². The number of aromatic nitrogens is 1. The van der Waals surface area contributed by atoms with Crippen LogP contribution in [0.15, 0.2) is 42.6 Å². The molecule has 1 heterocycles. The molecule has 1 aromatic carbocycles. The number of carbonyl (C=O) groups is 1. The van der Waals surface area contributed by atoms with E-state index in [0.717, 1.165) is 24.8 Å². The van der Waals surface area contributed by atoms with Crippen LogP contribution in [0.3, 0.4) is 0 Å². The lowest BCUT2D eigenvalue weighted by Crippen LogP contribution is -2.24. The highest BCUT2D eigenvalue weighted by atomic mass is 16.6. The second-order valence-corrected chi connectivity index (χ2v) is 4.72. The Hall–Kier alpha value is -2.63. The summed E-state index contributed by atoms with van der Waals surface area (Å²) in [4.78, 5) is 24.6. The van der Waals surface area contributed by atoms with E-state index >= 15 is 0 Å². The molecule has 0 saturated carbocycles. The smallest absolute Gasteiger partial charge is 0.269 e. The molecule has 0 saturated heterocycles. The number of hydrogen-bond donors (Lipinski definition) is 2. The third-order valence-electron chi connectivity index (χ3n) is 3.17. The summed E-state index contributed by atoms with van der Waals surface area (Å²) in [5, 5.41) is 13.4. The lowest BCUT2D eigenvalue weighted by molar-refractivity contribution is -0.384. The number of hydrogen-bond acceptors (Lipinski definition) is 3. The van der Waals surface area contributed by atoms with Crippen LogP contribution in [0, 0.1) is 10.1 Å². The fourth-order valence-electron chi connectivity index (χ4n) is 2.01. The van der Waals surface area contributed by atoms with Gasteiger partial charge in [-0.25, -0.2) is 0 Å². The van der Waals surface area contributed by atoms with Gasteiger partial charge in [-0.05, 0) is 37.0 Å². The monoisotopic (exact) mass is 287 g/mol. The number of benzene rings is 1. The van der Waals surface area contributed by atoms with Crippen molar-refractivity contribution in [2.45, 2.75) is 19.3 Å². The SMILES string of the molecule is O=C(NCCCCc1ccc([N+](=O)[O-])cc1)c1ccc[nH]1. The van der Waals surface area contributed by atoms with E-state index in [9.17, 15) is 14.9 Å². The Kier molecular flexibility index (Phi) is 5.09. The van der Waals surface area contributed by atoms with Crippen LogP contribution < -0.4 is 5.32 Å². The van der Waals surface area contributed by atoms with Crippen LogP contribution in [0.1, 0.15) is 28.9 Å². The largest absolute Gasteiger partial charge is 0.357 e. The molecule has 1 aromatic heterocycles. The number of carbonyl (C=O) groups excluding carboxylic acids is 1. The first-order valence-corrected chi connectivity index (χ1v) is 6.82. The molecule has 0 aliphatic rings. The molecule has 6 nitrogen and oxygen atoms in total. The molecule has 0 aliphatic carbocycles. The lowest BCUT2D eigenvalue weighted by atomic mass is 10.1. The molecule has 6 heteroatoms. The molecule has 0 aliphatic heterocycles. The van der Waals surface area contributed by atoms with E-state index in [4.69, 9.17) is 0 Å². The minimum Gasteiger partial charge on any atom is -0.357 e. The van der Waals surface area contributed by atoms with Gasteiger partial charge >= 0.3 is 0 Å². The third kappa shape index (κ3) is 4.45. The lowest BCUT2D eigenvalue weighted by Gasteiger charge is -2.04. The van der Waals surface area contributed by atoms with Crippen LogP contribution in [0.2, 0.25) is 0 Å². The molecule has 0 radical (unpaired) electrons. The second kappa shape index (κ2) is 7.23. The van der Waals surface area contributed by atoms with Gasteiger partial charge in [0.2, 0.25) is 0 Å². The highest BCUT2D eigenvalue weighted by Gasteiger charge is 2.05. The van der Waals surface area contributed by atoms with Crippen LogP contribution in [-0.2, 0) is 6.42 Å². The van der Waals surface area contributed by atoms with Gasteiger partial charge in [0.1, 0.15) is 5.69 Å². The first-order chi connectivity index (χ1) is 10.2. The molecule has 21 heavy (non-hydrogen) atoms. The molecule has 0 spiro atoms. The van der Waals surface area contributed by atoms with E-state index in [1.807, 2.05) is 0 Å². The van der Waals surface area contributed by atoms with Gasteiger partial charge in [-0.15, -0.1) is 0 Å². The number of nitrogens with one attached hydrogen (secondary N) is 2. The van der Waals surface area contributed by atoms with Gasteiger partial charge in [-0.3, -0.25) is 14.9 Å². The number of nitrogens with zero attached hydrogens (tertiary/aromatic N) is 1. The number of H-pyrrole nitrogens is 1. The van der Waals surface area contributed by atoms with Crippen LogP contribution >= 0.6 is 0 Å². The predicted molar refractivity (Wildman–Crippen MR) is 79.2 cm³/mol. The highest BCUT2D eigenvalue weighted by Crippen LogP contribution is 2.13. The Morgan fingerprint density at radius 3 is 2.57 bits per heavy atom. The average molecular weight is 287 g/mol. The van der Waals surface area contributed by atoms with E-state index in [1.165, 1.54) is 12.1 Å². The van der Waals surface area contributed by atoms with E-state index < -0.39 is 4.92 Å². The molecule has 0 bridgehead atoms. The van der Waals surface area contributed by atoms with Crippen LogP contribution in [0.25, 0.3) is 0 Å². The molecular formula is C15H17N3O3. The van der Waals surface area contributed by atoms with Crippen molar-refractivity contribution in [3.05, 3.63) is 64.0 Å². The Balaban J connectivity index is 1.65. The number of aromatic amines is 1. The van der Waals surface area contributed by atoms with Crippen molar-refractivity contribution in [2.24, 2.45) is 0 Å². The van der Waals surface area contributed by atoms with E-state index in [0.29, 0.717) is 12.2 Å². The van der Waals surface area contributed by atoms with Gasteiger partial charge < -0.3 is 10.3 Å². The fraction of sp³-hybridized carbons (Fsp3) is 0.267. The minimum absolute atomic E-state index is 0.102. The molecule has 110 valence electrons. The van der Waals surface area contributed by atoms with E-state index in [2.05, 4.69) is 10.3 Å². The van der Waals surface area contributed by atoms with E-state index in [1.54, 1.807) is 30.5 Å². The van der Waals surface area contributed by atoms with Crippen molar-refractivity contribution in [1.82, 2.24) is 10.3 Å². The van der Waals surface area contributed by atoms with Gasteiger partial charge in [-0.1, -0.05) is 12.1 Å². The van der Waals surface area contributed by atoms with Gasteiger partial charge in [0.15, 0.2) is 0 Å². The van der Waals surface area contributed by atoms with Crippen LogP contribution in [0.5, 0.6) is 0 Å². The second-order valence-electron chi connectivity index (χ2n) is 4.72. The van der Waals surface area contributed by atoms with Gasteiger partial charge in [-0.2, -0.15) is 0 Å². The standard InChI is InChI=1S/C15H17N3O3/c19-15(14-5-3-11-16-14)17-10-2-1-4-12-6-8-13(9-7-12)18(20)21/h3,5-9,11,16H,1-2,4,10H2,(H,17,19). The third-order valence-corrected chi connectivity index (χ3v) is 3.17. The quantitative estimate of drug-likeness (QED) is 0.466. The van der Waals surface area contributed by atoms with Crippen molar-refractivity contribution in [3.8, 4) is 0 Å². The first-order valence-electron chi connectivity index (χ1n) is 6.82. The summed E-state index contributed by atoms with van der Waals surface area (Å²) in [6.45, 7) is 0.616. The zero-order valence-electron chi connectivity index (χ0n) is 11.5. The maximum atomic E-state index is 11.6. The fourth-order valence-corrected chi connectivity index (χ4v) is 2.01. The molecule has 2 aromatic rings. The van der Waals surface area contributed by atoms with Crippen molar-refractivity contribution in [1.29, 1.82) is 0 Å². The summed E-state index contributed by atoms with van der Waals surface area (Å²) in [5.41, 5.74) is 1.73. The number of amides is 1. The summed E-state index contributed by atoms with van der Waals surface area (Å²) in [6, 6.07) is 10.1. The van der Waals surface area contributed by atoms with Crippen LogP contribution in [0.4, 0.5) is 5.69 Å². The zero-order valence-corrected chi connectivity index (χ0v) is 11.5. The topological polar surface area (TPSA) is 88.0 Å². The summed E-state index contributed by atoms with van der Waals surface area (Å²) < 4.78 is 0. The Labute approximate surface area is 122 Å². The maximum Gasteiger partial charge on any atom is 0.269 e. The number of non-ortho nitro benzene ring substituents is 1. The molecule has 2 N–H and O–H groups in total. The number of nitro groups is 1. The van der Waals surface area contributed by atoms with Crippen molar-refractivity contribution < 1.29 is 9.72 Å². The molecule has 2 rings (SSSR count). The first kappa shape index (κ1) is 14.8. The number of aryl methyl sites for hydroxylation is 1. The Morgan fingerprint density at radius 2 is 1.95 bits per heavy atom. The average Bonchev–Trinajstić information content (AvgIpc) is 3.01. The summed E-state index contributed by atoms with van der Waals surface area (Å²) in [7, 11) is 0. The number of nitro benzene ring substituents is 1. The molecule has 0 unspecified atom stereocenters. The van der Waals surface area contributed by atoms with Crippen molar-refractivity contribution in [3.63, 3.8) is 0 Å². The molecule has 1 amide bonds. The highest BCUT2D eigenvalue weighted by molar-refractivity contribution is 5.92. The van der Waals surface area contributed by atoms with Gasteiger partial charge in [0.25, 0.3) is 11.6 Å². The molecule has 0 fully saturated rings. The maximum absolute atomic E-state index is 11.6. The Morgan fingerprint density at radius 1 is 1.19 bits per heavy atom. The Bertz CT molecular complexity index is 591. The van der Waals surface area contributed by atoms with E-state index in [-0.39, 0.29) is 11.6 Å². The number of rotatable bonds is 7. The van der Waals surface area contributed by atoms with Gasteiger partial charge in [0.05, 0.1) is 4.92 Å². The summed E-state index contributed by atoms with van der Waals surface area (Å²) in [6.07, 6.45) is 4.34. The number of unbranched alkanes of at least 4 members (excludes halogenated alkanes) is 1. The predicted octanol–water partition coefficient (Wildman–Crippen LogP) is 2.68. The van der Waals surface area contributed by atoms with Crippen molar-refractivity contribution >= 4 is 11.6 Å². The normalized spacial score (nSPS) is 10.3.